The monoisotopic (exact) mass is 248 g/mol. The van der Waals surface area contributed by atoms with E-state index in [-0.39, 0.29) is 12.4 Å². The van der Waals surface area contributed by atoms with Crippen LogP contribution in [0.3, 0.4) is 0 Å². The molecule has 0 amide bonds. The van der Waals surface area contributed by atoms with Crippen molar-refractivity contribution in [3.05, 3.63) is 41.5 Å². The Morgan fingerprint density at radius 1 is 1.44 bits per heavy atom. The predicted molar refractivity (Wildman–Crippen MR) is 62.3 cm³/mol. The summed E-state index contributed by atoms with van der Waals surface area (Å²) >= 11 is 0. The molecule has 0 bridgehead atoms. The molecule has 1 aromatic carbocycles. The van der Waals surface area contributed by atoms with Gasteiger partial charge in [-0.2, -0.15) is 4.98 Å². The van der Waals surface area contributed by atoms with Crippen LogP contribution < -0.4 is 10.5 Å². The maximum Gasteiger partial charge on any atom is 0.264 e. The van der Waals surface area contributed by atoms with E-state index >= 15 is 0 Å². The van der Waals surface area contributed by atoms with Gasteiger partial charge in [0.2, 0.25) is 0 Å². The third kappa shape index (κ3) is 2.76. The minimum Gasteiger partial charge on any atom is -0.484 e. The van der Waals surface area contributed by atoms with Crippen LogP contribution in [0.15, 0.2) is 33.9 Å². The van der Waals surface area contributed by atoms with Crippen LogP contribution in [0, 0.1) is 6.92 Å². The Kier molecular flexibility index (Phi) is 3.42. The van der Waals surface area contributed by atoms with E-state index in [0.717, 1.165) is 0 Å². The summed E-state index contributed by atoms with van der Waals surface area (Å²) in [7, 11) is 0. The molecule has 3 N–H and O–H groups in total. The molecule has 0 spiro atoms. The van der Waals surface area contributed by atoms with Gasteiger partial charge in [-0.1, -0.05) is 10.3 Å². The summed E-state index contributed by atoms with van der Waals surface area (Å²) in [6.45, 7) is 1.93. The van der Waals surface area contributed by atoms with Crippen molar-refractivity contribution in [2.45, 2.75) is 13.5 Å². The number of nitrogens with zero attached hydrogens (tertiary/aromatic N) is 3. The zero-order chi connectivity index (χ0) is 13.0. The zero-order valence-electron chi connectivity index (χ0n) is 9.70. The third-order valence-corrected chi connectivity index (χ3v) is 2.19. The molecular formula is C11H12N4O3. The summed E-state index contributed by atoms with van der Waals surface area (Å²) in [6, 6.07) is 6.78. The largest absolute Gasteiger partial charge is 0.484 e. The minimum absolute atomic E-state index is 0.0501. The lowest BCUT2D eigenvalue weighted by molar-refractivity contribution is 0.242. The van der Waals surface area contributed by atoms with E-state index in [1.807, 2.05) is 0 Å². The lowest BCUT2D eigenvalue weighted by Gasteiger charge is -2.04. The number of amidine groups is 1. The molecule has 0 atom stereocenters. The summed E-state index contributed by atoms with van der Waals surface area (Å²) in [5.41, 5.74) is 6.05. The van der Waals surface area contributed by atoms with Crippen LogP contribution >= 0.6 is 0 Å². The highest BCUT2D eigenvalue weighted by Gasteiger charge is 2.04. The number of hydrogen-bond acceptors (Lipinski definition) is 6. The molecule has 7 nitrogen and oxygen atoms in total. The van der Waals surface area contributed by atoms with Crippen molar-refractivity contribution in [3.8, 4) is 5.75 Å². The number of rotatable bonds is 4. The molecule has 0 fully saturated rings. The number of aryl methyl sites for hydroxylation is 1. The van der Waals surface area contributed by atoms with Gasteiger partial charge in [-0.15, -0.1) is 0 Å². The molecule has 0 unspecified atom stereocenters. The van der Waals surface area contributed by atoms with Crippen LogP contribution in [0.1, 0.15) is 17.3 Å². The van der Waals surface area contributed by atoms with E-state index in [2.05, 4.69) is 15.3 Å². The van der Waals surface area contributed by atoms with Gasteiger partial charge in [0.1, 0.15) is 5.75 Å². The lowest BCUT2D eigenvalue weighted by Crippen LogP contribution is -2.12. The van der Waals surface area contributed by atoms with Crippen molar-refractivity contribution in [2.75, 3.05) is 0 Å². The number of oxime groups is 1. The minimum atomic E-state index is 0.0501. The second-order valence-electron chi connectivity index (χ2n) is 3.53. The summed E-state index contributed by atoms with van der Waals surface area (Å²) in [5, 5.41) is 15.1. The first kappa shape index (κ1) is 11.9. The molecule has 0 saturated heterocycles. The molecular weight excluding hydrogens is 236 g/mol. The van der Waals surface area contributed by atoms with Crippen molar-refractivity contribution in [1.82, 2.24) is 10.1 Å². The first-order valence-electron chi connectivity index (χ1n) is 5.19. The van der Waals surface area contributed by atoms with Crippen LogP contribution in [0.2, 0.25) is 0 Å². The molecule has 7 heteroatoms. The van der Waals surface area contributed by atoms with Gasteiger partial charge in [-0.05, 0) is 31.2 Å². The Bertz CT molecular complexity index is 548. The topological polar surface area (TPSA) is 107 Å². The highest BCUT2D eigenvalue weighted by Crippen LogP contribution is 2.13. The van der Waals surface area contributed by atoms with Gasteiger partial charge < -0.3 is 20.2 Å². The summed E-state index contributed by atoms with van der Waals surface area (Å²) in [4.78, 5) is 4.01. The van der Waals surface area contributed by atoms with E-state index < -0.39 is 0 Å². The normalized spacial score (nSPS) is 11.5. The molecule has 1 aromatic heterocycles. The van der Waals surface area contributed by atoms with Crippen LogP contribution in [-0.4, -0.2) is 21.2 Å². The van der Waals surface area contributed by atoms with Crippen LogP contribution in [0.5, 0.6) is 5.75 Å². The molecule has 94 valence electrons. The van der Waals surface area contributed by atoms with E-state index in [4.69, 9.17) is 20.2 Å². The Morgan fingerprint density at radius 3 is 2.72 bits per heavy atom. The fourth-order valence-electron chi connectivity index (χ4n) is 1.32. The van der Waals surface area contributed by atoms with Gasteiger partial charge in [-0.25, -0.2) is 0 Å². The highest BCUT2D eigenvalue weighted by molar-refractivity contribution is 5.97. The van der Waals surface area contributed by atoms with Crippen molar-refractivity contribution in [3.63, 3.8) is 0 Å². The van der Waals surface area contributed by atoms with E-state index in [9.17, 15) is 0 Å². The third-order valence-electron chi connectivity index (χ3n) is 2.19. The quantitative estimate of drug-likeness (QED) is 0.362. The van der Waals surface area contributed by atoms with Gasteiger partial charge in [0.05, 0.1) is 0 Å². The van der Waals surface area contributed by atoms with Crippen molar-refractivity contribution in [2.24, 2.45) is 10.9 Å². The molecule has 0 saturated carbocycles. The maximum absolute atomic E-state index is 8.52. The number of ether oxygens (including phenoxy) is 1. The highest BCUT2D eigenvalue weighted by atomic mass is 16.5. The molecule has 1 heterocycles. The average Bonchev–Trinajstić information content (AvgIpc) is 2.82. The van der Waals surface area contributed by atoms with Gasteiger partial charge in [0.25, 0.3) is 5.89 Å². The van der Waals surface area contributed by atoms with Gasteiger partial charge in [-0.3, -0.25) is 0 Å². The Morgan fingerprint density at radius 2 is 2.17 bits per heavy atom. The molecule has 2 aromatic rings. The fraction of sp³-hybridized carbons (Fsp3) is 0.182. The Balaban J connectivity index is 1.98. The molecule has 0 aliphatic carbocycles. The van der Waals surface area contributed by atoms with Gasteiger partial charge >= 0.3 is 0 Å². The fourth-order valence-corrected chi connectivity index (χ4v) is 1.32. The van der Waals surface area contributed by atoms with Crippen LogP contribution in [0.4, 0.5) is 0 Å². The summed E-state index contributed by atoms with van der Waals surface area (Å²) in [6.07, 6.45) is 0. The number of nitrogens with two attached hydrogens (primary N) is 1. The van der Waals surface area contributed by atoms with Crippen LogP contribution in [0.25, 0.3) is 0 Å². The summed E-state index contributed by atoms with van der Waals surface area (Å²) < 4.78 is 10.3. The summed E-state index contributed by atoms with van der Waals surface area (Å²) in [5.74, 6) is 1.65. The van der Waals surface area contributed by atoms with Gasteiger partial charge in [0, 0.05) is 5.56 Å². The number of hydrogen-bond donors (Lipinski definition) is 2. The molecule has 0 aliphatic heterocycles. The average molecular weight is 248 g/mol. The lowest BCUT2D eigenvalue weighted by atomic mass is 10.2. The first-order chi connectivity index (χ1) is 8.69. The predicted octanol–water partition coefficient (Wildman–Crippen LogP) is 1.05. The van der Waals surface area contributed by atoms with Crippen molar-refractivity contribution in [1.29, 1.82) is 0 Å². The second kappa shape index (κ2) is 5.17. The van der Waals surface area contributed by atoms with E-state index in [1.54, 1.807) is 31.2 Å². The number of aromatic nitrogens is 2. The maximum atomic E-state index is 8.52. The first-order valence-corrected chi connectivity index (χ1v) is 5.19. The number of benzene rings is 1. The van der Waals surface area contributed by atoms with Gasteiger partial charge in [0.15, 0.2) is 18.3 Å². The zero-order valence-corrected chi connectivity index (χ0v) is 9.70. The SMILES string of the molecule is Cc1noc(COc2ccc(/C(N)=N/O)cc2)n1. The van der Waals surface area contributed by atoms with Crippen molar-refractivity contribution >= 4 is 5.84 Å². The second-order valence-corrected chi connectivity index (χ2v) is 3.53. The molecule has 0 aliphatic rings. The van der Waals surface area contributed by atoms with Crippen molar-refractivity contribution < 1.29 is 14.5 Å². The van der Waals surface area contributed by atoms with E-state index in [0.29, 0.717) is 23.0 Å². The standard InChI is InChI=1S/C11H12N4O3/c1-7-13-10(18-15-7)6-17-9-4-2-8(3-5-9)11(12)14-16/h2-5,16H,6H2,1H3,(H2,12,14). The molecule has 18 heavy (non-hydrogen) atoms. The van der Waals surface area contributed by atoms with Crippen LogP contribution in [-0.2, 0) is 6.61 Å². The molecule has 0 radical (unpaired) electrons. The Hall–Kier alpha value is -2.57. The van der Waals surface area contributed by atoms with E-state index in [1.165, 1.54) is 0 Å². The molecule has 2 rings (SSSR count). The Labute approximate surface area is 103 Å². The smallest absolute Gasteiger partial charge is 0.264 e.